The van der Waals surface area contributed by atoms with E-state index in [1.165, 1.54) is 25.0 Å². The van der Waals surface area contributed by atoms with E-state index in [-0.39, 0.29) is 0 Å². The highest BCUT2D eigenvalue weighted by molar-refractivity contribution is 4.97. The zero-order valence-electron chi connectivity index (χ0n) is 11.6. The molecule has 4 heteroatoms. The summed E-state index contributed by atoms with van der Waals surface area (Å²) in [5, 5.41) is 3.40. The molecule has 2 unspecified atom stereocenters. The molecule has 102 valence electrons. The highest BCUT2D eigenvalue weighted by Crippen LogP contribution is 2.20. The normalized spacial score (nSPS) is 23.7. The standard InChI is InChI=1S/C14H25N3O/c1-3-7-15-8-6-13-9-17(11-16-13)10-14-5-4-12(2)18-14/h9,11-12,14-15H,3-8,10H2,1-2H3. The molecule has 4 nitrogen and oxygen atoms in total. The lowest BCUT2D eigenvalue weighted by Crippen LogP contribution is -2.18. The van der Waals surface area contributed by atoms with Crippen LogP contribution in [0.3, 0.4) is 0 Å². The van der Waals surface area contributed by atoms with Gasteiger partial charge in [-0.05, 0) is 32.7 Å². The van der Waals surface area contributed by atoms with Gasteiger partial charge in [-0.3, -0.25) is 0 Å². The molecule has 0 spiro atoms. The average molecular weight is 251 g/mol. The molecule has 0 amide bonds. The molecule has 0 aliphatic carbocycles. The first-order chi connectivity index (χ1) is 8.78. The summed E-state index contributed by atoms with van der Waals surface area (Å²) in [7, 11) is 0. The quantitative estimate of drug-likeness (QED) is 0.753. The number of nitrogens with zero attached hydrogens (tertiary/aromatic N) is 2. The molecule has 2 heterocycles. The van der Waals surface area contributed by atoms with E-state index in [0.29, 0.717) is 12.2 Å². The summed E-state index contributed by atoms with van der Waals surface area (Å²) in [6, 6.07) is 0. The second-order valence-electron chi connectivity index (χ2n) is 5.21. The van der Waals surface area contributed by atoms with Crippen molar-refractivity contribution >= 4 is 0 Å². The van der Waals surface area contributed by atoms with Crippen LogP contribution in [-0.4, -0.2) is 34.8 Å². The first-order valence-corrected chi connectivity index (χ1v) is 7.14. The molecule has 18 heavy (non-hydrogen) atoms. The van der Waals surface area contributed by atoms with Crippen LogP contribution in [0, 0.1) is 0 Å². The number of aromatic nitrogens is 2. The van der Waals surface area contributed by atoms with Crippen LogP contribution < -0.4 is 5.32 Å². The van der Waals surface area contributed by atoms with Crippen molar-refractivity contribution in [1.29, 1.82) is 0 Å². The topological polar surface area (TPSA) is 39.1 Å². The van der Waals surface area contributed by atoms with Gasteiger partial charge in [0.2, 0.25) is 0 Å². The Labute approximate surface area is 110 Å². The van der Waals surface area contributed by atoms with Crippen LogP contribution in [0.5, 0.6) is 0 Å². The Balaban J connectivity index is 1.72. The van der Waals surface area contributed by atoms with Crippen LogP contribution in [0.2, 0.25) is 0 Å². The Morgan fingerprint density at radius 2 is 2.33 bits per heavy atom. The number of rotatable bonds is 7. The van der Waals surface area contributed by atoms with Gasteiger partial charge in [-0.1, -0.05) is 6.92 Å². The van der Waals surface area contributed by atoms with Gasteiger partial charge in [0.1, 0.15) is 0 Å². The number of nitrogens with one attached hydrogen (secondary N) is 1. The van der Waals surface area contributed by atoms with Gasteiger partial charge < -0.3 is 14.6 Å². The molecule has 0 radical (unpaired) electrons. The minimum Gasteiger partial charge on any atom is -0.373 e. The second-order valence-corrected chi connectivity index (χ2v) is 5.21. The molecule has 1 saturated heterocycles. The highest BCUT2D eigenvalue weighted by atomic mass is 16.5. The van der Waals surface area contributed by atoms with Crippen molar-refractivity contribution in [3.05, 3.63) is 18.2 Å². The van der Waals surface area contributed by atoms with E-state index in [1.54, 1.807) is 0 Å². The lowest BCUT2D eigenvalue weighted by Gasteiger charge is -2.11. The van der Waals surface area contributed by atoms with Gasteiger partial charge in [-0.25, -0.2) is 4.98 Å². The third kappa shape index (κ3) is 4.10. The molecule has 1 fully saturated rings. The van der Waals surface area contributed by atoms with Crippen molar-refractivity contribution in [2.45, 2.75) is 58.3 Å². The third-order valence-corrected chi connectivity index (χ3v) is 3.41. The SMILES string of the molecule is CCCNCCc1cn(CC2CCC(C)O2)cn1. The van der Waals surface area contributed by atoms with Crippen molar-refractivity contribution in [3.8, 4) is 0 Å². The Hall–Kier alpha value is -0.870. The molecule has 1 aliphatic heterocycles. The van der Waals surface area contributed by atoms with Crippen molar-refractivity contribution in [1.82, 2.24) is 14.9 Å². The van der Waals surface area contributed by atoms with Crippen LogP contribution in [-0.2, 0) is 17.7 Å². The number of hydrogen-bond acceptors (Lipinski definition) is 3. The van der Waals surface area contributed by atoms with E-state index in [2.05, 4.69) is 34.9 Å². The molecular formula is C14H25N3O. The number of ether oxygens (including phenoxy) is 1. The largest absolute Gasteiger partial charge is 0.373 e. The van der Waals surface area contributed by atoms with Crippen molar-refractivity contribution < 1.29 is 4.74 Å². The molecular weight excluding hydrogens is 226 g/mol. The maximum atomic E-state index is 5.83. The first-order valence-electron chi connectivity index (χ1n) is 7.14. The van der Waals surface area contributed by atoms with Gasteiger partial charge in [0, 0.05) is 25.7 Å². The molecule has 0 saturated carbocycles. The summed E-state index contributed by atoms with van der Waals surface area (Å²) in [6.07, 6.45) is 9.44. The monoisotopic (exact) mass is 251 g/mol. The lowest BCUT2D eigenvalue weighted by molar-refractivity contribution is 0.0458. The molecule has 0 bridgehead atoms. The number of hydrogen-bond donors (Lipinski definition) is 1. The molecule has 2 atom stereocenters. The van der Waals surface area contributed by atoms with E-state index < -0.39 is 0 Å². The van der Waals surface area contributed by atoms with E-state index in [4.69, 9.17) is 4.74 Å². The molecule has 1 aliphatic rings. The summed E-state index contributed by atoms with van der Waals surface area (Å²) < 4.78 is 7.99. The summed E-state index contributed by atoms with van der Waals surface area (Å²) in [6.45, 7) is 7.39. The molecule has 1 aromatic rings. The van der Waals surface area contributed by atoms with E-state index >= 15 is 0 Å². The van der Waals surface area contributed by atoms with Gasteiger partial charge in [0.15, 0.2) is 0 Å². The van der Waals surface area contributed by atoms with E-state index in [9.17, 15) is 0 Å². The highest BCUT2D eigenvalue weighted by Gasteiger charge is 2.21. The van der Waals surface area contributed by atoms with Crippen molar-refractivity contribution in [3.63, 3.8) is 0 Å². The van der Waals surface area contributed by atoms with Gasteiger partial charge in [-0.2, -0.15) is 0 Å². The zero-order valence-corrected chi connectivity index (χ0v) is 11.6. The van der Waals surface area contributed by atoms with E-state index in [1.807, 2.05) is 6.33 Å². The smallest absolute Gasteiger partial charge is 0.0950 e. The first kappa shape index (κ1) is 13.6. The van der Waals surface area contributed by atoms with Crippen LogP contribution >= 0.6 is 0 Å². The average Bonchev–Trinajstić information content (AvgIpc) is 2.95. The fraction of sp³-hybridized carbons (Fsp3) is 0.786. The zero-order chi connectivity index (χ0) is 12.8. The summed E-state index contributed by atoms with van der Waals surface area (Å²) >= 11 is 0. The third-order valence-electron chi connectivity index (χ3n) is 3.41. The van der Waals surface area contributed by atoms with Gasteiger partial charge in [0.05, 0.1) is 24.2 Å². The Morgan fingerprint density at radius 3 is 3.06 bits per heavy atom. The molecule has 2 rings (SSSR count). The lowest BCUT2D eigenvalue weighted by atomic mass is 10.2. The van der Waals surface area contributed by atoms with Gasteiger partial charge in [0.25, 0.3) is 0 Å². The van der Waals surface area contributed by atoms with Crippen LogP contribution in [0.1, 0.15) is 38.8 Å². The molecule has 0 aromatic carbocycles. The predicted octanol–water partition coefficient (Wildman–Crippen LogP) is 1.99. The Morgan fingerprint density at radius 1 is 1.44 bits per heavy atom. The molecule has 1 N–H and O–H groups in total. The second kappa shape index (κ2) is 6.90. The number of imidazole rings is 1. The van der Waals surface area contributed by atoms with Gasteiger partial charge >= 0.3 is 0 Å². The maximum Gasteiger partial charge on any atom is 0.0950 e. The van der Waals surface area contributed by atoms with Crippen molar-refractivity contribution in [2.75, 3.05) is 13.1 Å². The Bertz CT molecular complexity index is 351. The van der Waals surface area contributed by atoms with Crippen LogP contribution in [0.4, 0.5) is 0 Å². The van der Waals surface area contributed by atoms with Gasteiger partial charge in [-0.15, -0.1) is 0 Å². The maximum absolute atomic E-state index is 5.83. The van der Waals surface area contributed by atoms with Crippen LogP contribution in [0.15, 0.2) is 12.5 Å². The molecule has 1 aromatic heterocycles. The summed E-state index contributed by atoms with van der Waals surface area (Å²) in [5.74, 6) is 0. The summed E-state index contributed by atoms with van der Waals surface area (Å²) in [4.78, 5) is 4.44. The summed E-state index contributed by atoms with van der Waals surface area (Å²) in [5.41, 5.74) is 1.17. The Kier molecular flexibility index (Phi) is 5.20. The predicted molar refractivity (Wildman–Crippen MR) is 72.7 cm³/mol. The van der Waals surface area contributed by atoms with Crippen LogP contribution in [0.25, 0.3) is 0 Å². The van der Waals surface area contributed by atoms with Crippen molar-refractivity contribution in [2.24, 2.45) is 0 Å². The fourth-order valence-corrected chi connectivity index (χ4v) is 2.41. The minimum absolute atomic E-state index is 0.375. The fourth-order valence-electron chi connectivity index (χ4n) is 2.41. The minimum atomic E-state index is 0.375. The van der Waals surface area contributed by atoms with E-state index in [0.717, 1.165) is 26.1 Å².